The summed E-state index contributed by atoms with van der Waals surface area (Å²) in [6, 6.07) is 0.221. The number of piperidine rings is 1. The first-order chi connectivity index (χ1) is 8.72. The maximum Gasteiger partial charge on any atom is 0.227 e. The summed E-state index contributed by atoms with van der Waals surface area (Å²) in [7, 11) is -3.16. The van der Waals surface area contributed by atoms with Gasteiger partial charge >= 0.3 is 0 Å². The van der Waals surface area contributed by atoms with Crippen LogP contribution in [-0.2, 0) is 14.6 Å². The van der Waals surface area contributed by atoms with Gasteiger partial charge in [0.2, 0.25) is 5.91 Å². The number of rotatable bonds is 3. The van der Waals surface area contributed by atoms with Gasteiger partial charge in [-0.25, -0.2) is 8.42 Å². The van der Waals surface area contributed by atoms with Crippen LogP contribution in [0.4, 0.5) is 0 Å². The number of hydrogen-bond acceptors (Lipinski definition) is 4. The monoisotopic (exact) mass is 288 g/mol. The molecule has 0 aromatic rings. The molecule has 19 heavy (non-hydrogen) atoms. The summed E-state index contributed by atoms with van der Waals surface area (Å²) in [5.74, 6) is 0.245. The van der Waals surface area contributed by atoms with E-state index in [9.17, 15) is 13.2 Å². The van der Waals surface area contributed by atoms with Crippen LogP contribution in [0.5, 0.6) is 0 Å². The SMILES string of the molecule is CC(C)(C)S(=O)(=O)CCN1CC2NCCCC2C1=O. The first kappa shape index (κ1) is 14.8. The molecule has 1 amide bonds. The molecule has 2 fully saturated rings. The molecule has 0 bridgehead atoms. The Morgan fingerprint density at radius 1 is 1.37 bits per heavy atom. The summed E-state index contributed by atoms with van der Waals surface area (Å²) < 4.78 is 23.4. The Morgan fingerprint density at radius 3 is 2.63 bits per heavy atom. The Balaban J connectivity index is 1.96. The Morgan fingerprint density at radius 2 is 2.05 bits per heavy atom. The maximum atomic E-state index is 12.2. The van der Waals surface area contributed by atoms with Gasteiger partial charge in [-0.15, -0.1) is 0 Å². The molecule has 0 saturated carbocycles. The van der Waals surface area contributed by atoms with E-state index in [0.29, 0.717) is 13.1 Å². The van der Waals surface area contributed by atoms with Gasteiger partial charge in [-0.3, -0.25) is 4.79 Å². The maximum absolute atomic E-state index is 12.2. The predicted molar refractivity (Wildman–Crippen MR) is 74.6 cm³/mol. The lowest BCUT2D eigenvalue weighted by molar-refractivity contribution is -0.131. The van der Waals surface area contributed by atoms with E-state index >= 15 is 0 Å². The normalized spacial score (nSPS) is 28.6. The molecule has 2 atom stereocenters. The lowest BCUT2D eigenvalue weighted by Gasteiger charge is -2.23. The van der Waals surface area contributed by atoms with Crippen molar-refractivity contribution >= 4 is 15.7 Å². The summed E-state index contributed by atoms with van der Waals surface area (Å²) >= 11 is 0. The number of fused-ring (bicyclic) bond motifs is 1. The average molecular weight is 288 g/mol. The number of amides is 1. The van der Waals surface area contributed by atoms with Crippen LogP contribution in [0, 0.1) is 5.92 Å². The quantitative estimate of drug-likeness (QED) is 0.817. The fourth-order valence-corrected chi connectivity index (χ4v) is 3.81. The van der Waals surface area contributed by atoms with E-state index in [4.69, 9.17) is 0 Å². The van der Waals surface area contributed by atoms with E-state index in [2.05, 4.69) is 5.32 Å². The van der Waals surface area contributed by atoms with E-state index in [1.54, 1.807) is 25.7 Å². The van der Waals surface area contributed by atoms with Crippen molar-refractivity contribution in [2.24, 2.45) is 5.92 Å². The second-order valence-corrected chi connectivity index (χ2v) is 9.39. The first-order valence-electron chi connectivity index (χ1n) is 6.97. The van der Waals surface area contributed by atoms with Crippen molar-refractivity contribution in [1.29, 1.82) is 0 Å². The Labute approximate surface area is 115 Å². The van der Waals surface area contributed by atoms with Crippen LogP contribution < -0.4 is 5.32 Å². The Bertz CT molecular complexity index is 453. The summed E-state index contributed by atoms with van der Waals surface area (Å²) in [6.07, 6.45) is 1.96. The molecule has 0 aliphatic carbocycles. The average Bonchev–Trinajstić information content (AvgIpc) is 2.63. The summed E-state index contributed by atoms with van der Waals surface area (Å²) in [5.41, 5.74) is 0. The lowest BCUT2D eigenvalue weighted by atomic mass is 9.94. The molecule has 2 aliphatic rings. The van der Waals surface area contributed by atoms with Crippen molar-refractivity contribution in [3.8, 4) is 0 Å². The molecule has 6 heteroatoms. The van der Waals surface area contributed by atoms with E-state index in [0.717, 1.165) is 19.4 Å². The van der Waals surface area contributed by atoms with Crippen molar-refractivity contribution in [3.63, 3.8) is 0 Å². The smallest absolute Gasteiger partial charge is 0.227 e. The van der Waals surface area contributed by atoms with Gasteiger partial charge in [0.05, 0.1) is 16.4 Å². The van der Waals surface area contributed by atoms with Crippen LogP contribution in [0.2, 0.25) is 0 Å². The number of likely N-dealkylation sites (tertiary alicyclic amines) is 1. The van der Waals surface area contributed by atoms with Crippen molar-refractivity contribution in [2.75, 3.05) is 25.4 Å². The molecule has 0 aromatic carbocycles. The first-order valence-corrected chi connectivity index (χ1v) is 8.62. The highest BCUT2D eigenvalue weighted by atomic mass is 32.2. The zero-order chi connectivity index (χ0) is 14.3. The predicted octanol–water partition coefficient (Wildman–Crippen LogP) is 0.410. The molecule has 2 heterocycles. The van der Waals surface area contributed by atoms with Crippen molar-refractivity contribution in [2.45, 2.75) is 44.4 Å². The third-order valence-electron chi connectivity index (χ3n) is 4.19. The zero-order valence-electron chi connectivity index (χ0n) is 12.0. The third-order valence-corrected chi connectivity index (χ3v) is 6.78. The second-order valence-electron chi connectivity index (χ2n) is 6.52. The molecule has 2 saturated heterocycles. The largest absolute Gasteiger partial charge is 0.340 e. The van der Waals surface area contributed by atoms with Crippen molar-refractivity contribution < 1.29 is 13.2 Å². The van der Waals surface area contributed by atoms with Gasteiger partial charge in [0, 0.05) is 19.1 Å². The van der Waals surface area contributed by atoms with Crippen LogP contribution in [0.1, 0.15) is 33.6 Å². The van der Waals surface area contributed by atoms with E-state index in [1.807, 2.05) is 0 Å². The standard InChI is InChI=1S/C13H24N2O3S/c1-13(2,3)19(17,18)8-7-15-9-11-10(12(15)16)5-4-6-14-11/h10-11,14H,4-9H2,1-3H3. The molecule has 2 unspecified atom stereocenters. The summed E-state index contributed by atoms with van der Waals surface area (Å²) in [4.78, 5) is 13.9. The highest BCUT2D eigenvalue weighted by Crippen LogP contribution is 2.26. The minimum Gasteiger partial charge on any atom is -0.340 e. The molecule has 0 aromatic heterocycles. The minimum absolute atomic E-state index is 0.0572. The number of carbonyl (C=O) groups is 1. The highest BCUT2D eigenvalue weighted by molar-refractivity contribution is 7.92. The van der Waals surface area contributed by atoms with Crippen LogP contribution >= 0.6 is 0 Å². The molecule has 0 spiro atoms. The number of sulfone groups is 1. The topological polar surface area (TPSA) is 66.5 Å². The van der Waals surface area contributed by atoms with Crippen molar-refractivity contribution in [1.82, 2.24) is 10.2 Å². The fraction of sp³-hybridized carbons (Fsp3) is 0.923. The van der Waals surface area contributed by atoms with Gasteiger partial charge in [-0.1, -0.05) is 0 Å². The lowest BCUT2D eigenvalue weighted by Crippen LogP contribution is -2.41. The van der Waals surface area contributed by atoms with Gasteiger partial charge in [-0.05, 0) is 40.2 Å². The van der Waals surface area contributed by atoms with Crippen molar-refractivity contribution in [3.05, 3.63) is 0 Å². The summed E-state index contributed by atoms with van der Waals surface area (Å²) in [6.45, 7) is 7.05. The molecule has 2 aliphatic heterocycles. The highest BCUT2D eigenvalue weighted by Gasteiger charge is 2.41. The zero-order valence-corrected chi connectivity index (χ0v) is 12.8. The molecule has 1 N–H and O–H groups in total. The van der Waals surface area contributed by atoms with Crippen LogP contribution in [0.25, 0.3) is 0 Å². The van der Waals surface area contributed by atoms with E-state index < -0.39 is 14.6 Å². The Kier molecular flexibility index (Phi) is 3.93. The Hall–Kier alpha value is -0.620. The third kappa shape index (κ3) is 2.94. The second kappa shape index (κ2) is 5.05. The molecule has 0 radical (unpaired) electrons. The van der Waals surface area contributed by atoms with Crippen LogP contribution in [-0.4, -0.2) is 55.4 Å². The molecular formula is C13H24N2O3S. The number of hydrogen-bond donors (Lipinski definition) is 1. The summed E-state index contributed by atoms with van der Waals surface area (Å²) in [5, 5.41) is 3.36. The van der Waals surface area contributed by atoms with E-state index in [-0.39, 0.29) is 23.6 Å². The molecule has 5 nitrogen and oxygen atoms in total. The molecule has 110 valence electrons. The van der Waals surface area contributed by atoms with Gasteiger partial charge in [0.1, 0.15) is 0 Å². The number of nitrogens with zero attached hydrogens (tertiary/aromatic N) is 1. The number of nitrogens with one attached hydrogen (secondary N) is 1. The van der Waals surface area contributed by atoms with E-state index in [1.165, 1.54) is 0 Å². The number of carbonyl (C=O) groups excluding carboxylic acids is 1. The minimum atomic E-state index is -3.16. The fourth-order valence-electron chi connectivity index (χ4n) is 2.74. The van der Waals surface area contributed by atoms with Gasteiger partial charge in [0.15, 0.2) is 9.84 Å². The molecular weight excluding hydrogens is 264 g/mol. The molecule has 2 rings (SSSR count). The van der Waals surface area contributed by atoms with Gasteiger partial charge < -0.3 is 10.2 Å². The van der Waals surface area contributed by atoms with Gasteiger partial charge in [-0.2, -0.15) is 0 Å². The van der Waals surface area contributed by atoms with Crippen LogP contribution in [0.15, 0.2) is 0 Å². The van der Waals surface area contributed by atoms with Crippen LogP contribution in [0.3, 0.4) is 0 Å². The van der Waals surface area contributed by atoms with Gasteiger partial charge in [0.25, 0.3) is 0 Å².